The first-order chi connectivity index (χ1) is 10.1. The molecule has 3 rings (SSSR count). The van der Waals surface area contributed by atoms with Gasteiger partial charge in [0.2, 0.25) is 5.91 Å². The molecule has 0 aromatic heterocycles. The lowest BCUT2D eigenvalue weighted by Gasteiger charge is -2.21. The van der Waals surface area contributed by atoms with Gasteiger partial charge in [0.25, 0.3) is 0 Å². The summed E-state index contributed by atoms with van der Waals surface area (Å²) in [5, 5.41) is 0. The van der Waals surface area contributed by atoms with Crippen molar-refractivity contribution in [2.24, 2.45) is 0 Å². The fraction of sp³-hybridized carbons (Fsp3) is 0.467. The molecule has 1 aromatic carbocycles. The molecular formula is C15H18FN3O2. The highest BCUT2D eigenvalue weighted by molar-refractivity contribution is 5.96. The number of benzene rings is 1. The standard InChI is InChI=1S/C15H18FN3O2/c16-12-3-5-13(6-4-12)19-10-9-18(15(19)21)11-14(20)17-7-1-2-8-17/h3-6H,1-2,7-11H2. The number of hydrogen-bond donors (Lipinski definition) is 0. The van der Waals surface area contributed by atoms with Crippen LogP contribution in [0.4, 0.5) is 14.9 Å². The molecule has 0 atom stereocenters. The number of amides is 3. The molecule has 2 fully saturated rings. The Morgan fingerprint density at radius 3 is 2.38 bits per heavy atom. The molecule has 0 radical (unpaired) electrons. The molecule has 5 nitrogen and oxygen atoms in total. The maximum absolute atomic E-state index is 12.9. The maximum atomic E-state index is 12.9. The molecule has 0 bridgehead atoms. The lowest BCUT2D eigenvalue weighted by molar-refractivity contribution is -0.130. The average molecular weight is 291 g/mol. The molecule has 21 heavy (non-hydrogen) atoms. The van der Waals surface area contributed by atoms with Gasteiger partial charge in [0.05, 0.1) is 0 Å². The minimum absolute atomic E-state index is 0.0156. The summed E-state index contributed by atoms with van der Waals surface area (Å²) in [5.74, 6) is -0.312. The second-order valence-electron chi connectivity index (χ2n) is 5.42. The van der Waals surface area contributed by atoms with Crippen molar-refractivity contribution in [1.29, 1.82) is 0 Å². The lowest BCUT2D eigenvalue weighted by atomic mass is 10.3. The van der Waals surface area contributed by atoms with Crippen molar-refractivity contribution < 1.29 is 14.0 Å². The van der Waals surface area contributed by atoms with Crippen molar-refractivity contribution in [3.05, 3.63) is 30.1 Å². The third kappa shape index (κ3) is 2.84. The van der Waals surface area contributed by atoms with Crippen LogP contribution in [-0.2, 0) is 4.79 Å². The van der Waals surface area contributed by atoms with E-state index in [4.69, 9.17) is 0 Å². The van der Waals surface area contributed by atoms with E-state index in [1.165, 1.54) is 12.1 Å². The van der Waals surface area contributed by atoms with Gasteiger partial charge in [-0.1, -0.05) is 0 Å². The van der Waals surface area contributed by atoms with E-state index in [-0.39, 0.29) is 24.3 Å². The van der Waals surface area contributed by atoms with Crippen LogP contribution in [0.25, 0.3) is 0 Å². The zero-order chi connectivity index (χ0) is 14.8. The Morgan fingerprint density at radius 1 is 1.05 bits per heavy atom. The van der Waals surface area contributed by atoms with E-state index in [1.807, 2.05) is 4.90 Å². The maximum Gasteiger partial charge on any atom is 0.325 e. The van der Waals surface area contributed by atoms with Crippen molar-refractivity contribution in [2.75, 3.05) is 37.6 Å². The predicted molar refractivity (Wildman–Crippen MR) is 76.5 cm³/mol. The highest BCUT2D eigenvalue weighted by Crippen LogP contribution is 2.21. The first-order valence-corrected chi connectivity index (χ1v) is 7.25. The second kappa shape index (κ2) is 5.71. The van der Waals surface area contributed by atoms with Gasteiger partial charge in [0, 0.05) is 31.9 Å². The topological polar surface area (TPSA) is 43.9 Å². The first-order valence-electron chi connectivity index (χ1n) is 7.25. The zero-order valence-electron chi connectivity index (χ0n) is 11.8. The van der Waals surface area contributed by atoms with Crippen molar-refractivity contribution in [2.45, 2.75) is 12.8 Å². The van der Waals surface area contributed by atoms with Gasteiger partial charge in [-0.15, -0.1) is 0 Å². The molecule has 112 valence electrons. The molecule has 0 saturated carbocycles. The van der Waals surface area contributed by atoms with E-state index >= 15 is 0 Å². The van der Waals surface area contributed by atoms with Crippen molar-refractivity contribution in [1.82, 2.24) is 9.80 Å². The summed E-state index contributed by atoms with van der Waals surface area (Å²) in [4.78, 5) is 29.4. The van der Waals surface area contributed by atoms with Gasteiger partial charge < -0.3 is 9.80 Å². The monoisotopic (exact) mass is 291 g/mol. The Morgan fingerprint density at radius 2 is 1.71 bits per heavy atom. The molecule has 0 spiro atoms. The van der Waals surface area contributed by atoms with E-state index in [2.05, 4.69) is 0 Å². The summed E-state index contributed by atoms with van der Waals surface area (Å²) in [6.45, 7) is 2.77. The number of carbonyl (C=O) groups is 2. The summed E-state index contributed by atoms with van der Waals surface area (Å²) in [6, 6.07) is 5.65. The number of urea groups is 1. The van der Waals surface area contributed by atoms with E-state index in [0.29, 0.717) is 18.8 Å². The van der Waals surface area contributed by atoms with Gasteiger partial charge in [0.15, 0.2) is 0 Å². The van der Waals surface area contributed by atoms with Crippen LogP contribution in [0.2, 0.25) is 0 Å². The number of hydrogen-bond acceptors (Lipinski definition) is 2. The quantitative estimate of drug-likeness (QED) is 0.850. The second-order valence-corrected chi connectivity index (χ2v) is 5.42. The summed E-state index contributed by atoms with van der Waals surface area (Å²) in [5.41, 5.74) is 0.664. The predicted octanol–water partition coefficient (Wildman–Crippen LogP) is 1.69. The normalized spacial score (nSPS) is 18.7. The summed E-state index contributed by atoms with van der Waals surface area (Å²) in [7, 11) is 0. The van der Waals surface area contributed by atoms with Gasteiger partial charge in [-0.25, -0.2) is 9.18 Å². The number of likely N-dealkylation sites (tertiary alicyclic amines) is 1. The Balaban J connectivity index is 1.63. The number of anilines is 1. The number of halogens is 1. The van der Waals surface area contributed by atoms with Gasteiger partial charge in [0.1, 0.15) is 12.4 Å². The summed E-state index contributed by atoms with van der Waals surface area (Å²) >= 11 is 0. The van der Waals surface area contributed by atoms with Crippen LogP contribution >= 0.6 is 0 Å². The highest BCUT2D eigenvalue weighted by Gasteiger charge is 2.32. The fourth-order valence-electron chi connectivity index (χ4n) is 2.82. The number of carbonyl (C=O) groups excluding carboxylic acids is 2. The molecule has 6 heteroatoms. The fourth-order valence-corrected chi connectivity index (χ4v) is 2.82. The molecule has 3 amide bonds. The Hall–Kier alpha value is -2.11. The van der Waals surface area contributed by atoms with Crippen LogP contribution in [0, 0.1) is 5.82 Å². The Bertz CT molecular complexity index is 540. The van der Waals surface area contributed by atoms with Crippen molar-refractivity contribution >= 4 is 17.6 Å². The number of rotatable bonds is 3. The number of nitrogens with zero attached hydrogens (tertiary/aromatic N) is 3. The SMILES string of the molecule is O=C(CN1CCN(c2ccc(F)cc2)C1=O)N1CCCC1. The molecule has 0 aliphatic carbocycles. The molecule has 2 aliphatic heterocycles. The van der Waals surface area contributed by atoms with E-state index < -0.39 is 0 Å². The molecular weight excluding hydrogens is 273 g/mol. The van der Waals surface area contributed by atoms with Crippen molar-refractivity contribution in [3.63, 3.8) is 0 Å². The molecule has 2 aliphatic rings. The third-order valence-corrected chi connectivity index (χ3v) is 4.02. The van der Waals surface area contributed by atoms with Gasteiger partial charge in [-0.2, -0.15) is 0 Å². The van der Waals surface area contributed by atoms with Crippen LogP contribution in [0.5, 0.6) is 0 Å². The largest absolute Gasteiger partial charge is 0.341 e. The van der Waals surface area contributed by atoms with Crippen LogP contribution in [0.15, 0.2) is 24.3 Å². The Labute approximate surface area is 122 Å². The van der Waals surface area contributed by atoms with Crippen LogP contribution in [0.1, 0.15) is 12.8 Å². The first kappa shape index (κ1) is 13.9. The smallest absolute Gasteiger partial charge is 0.325 e. The molecule has 0 N–H and O–H groups in total. The van der Waals surface area contributed by atoms with E-state index in [1.54, 1.807) is 21.9 Å². The van der Waals surface area contributed by atoms with E-state index in [0.717, 1.165) is 25.9 Å². The minimum Gasteiger partial charge on any atom is -0.341 e. The zero-order valence-corrected chi connectivity index (χ0v) is 11.8. The minimum atomic E-state index is -0.327. The molecule has 2 heterocycles. The Kier molecular flexibility index (Phi) is 3.77. The summed E-state index contributed by atoms with van der Waals surface area (Å²) < 4.78 is 12.9. The molecule has 2 saturated heterocycles. The third-order valence-electron chi connectivity index (χ3n) is 4.02. The summed E-state index contributed by atoms with van der Waals surface area (Å²) in [6.07, 6.45) is 2.09. The van der Waals surface area contributed by atoms with E-state index in [9.17, 15) is 14.0 Å². The van der Waals surface area contributed by atoms with Crippen LogP contribution in [0.3, 0.4) is 0 Å². The van der Waals surface area contributed by atoms with Crippen molar-refractivity contribution in [3.8, 4) is 0 Å². The van der Waals surface area contributed by atoms with Gasteiger partial charge >= 0.3 is 6.03 Å². The molecule has 1 aromatic rings. The van der Waals surface area contributed by atoms with Crippen LogP contribution < -0.4 is 4.90 Å². The van der Waals surface area contributed by atoms with Gasteiger partial charge in [-0.3, -0.25) is 9.69 Å². The van der Waals surface area contributed by atoms with Gasteiger partial charge in [-0.05, 0) is 37.1 Å². The average Bonchev–Trinajstić information content (AvgIpc) is 3.11. The lowest BCUT2D eigenvalue weighted by Crippen LogP contribution is -2.41. The molecule has 0 unspecified atom stereocenters. The highest BCUT2D eigenvalue weighted by atomic mass is 19.1. The van der Waals surface area contributed by atoms with Crippen LogP contribution in [-0.4, -0.2) is 54.5 Å².